The highest BCUT2D eigenvalue weighted by atomic mass is 32.1. The summed E-state index contributed by atoms with van der Waals surface area (Å²) in [6, 6.07) is 7.10. The number of carbonyl (C=O) groups excluding carboxylic acids is 1. The van der Waals surface area contributed by atoms with E-state index in [0.29, 0.717) is 10.9 Å². The summed E-state index contributed by atoms with van der Waals surface area (Å²) in [6.45, 7) is -0.855. The zero-order chi connectivity index (χ0) is 14.0. The Morgan fingerprint density at radius 2 is 2.05 bits per heavy atom. The van der Waals surface area contributed by atoms with Crippen molar-refractivity contribution in [3.63, 3.8) is 0 Å². The van der Waals surface area contributed by atoms with Crippen LogP contribution in [0.25, 0.3) is 10.1 Å². The first-order valence-electron chi connectivity index (χ1n) is 5.39. The molecule has 1 atom stereocenters. The van der Waals surface area contributed by atoms with Crippen molar-refractivity contribution in [3.05, 3.63) is 35.2 Å². The summed E-state index contributed by atoms with van der Waals surface area (Å²) < 4.78 is 37.2. The molecular weight excluding hydrogens is 279 g/mol. The first kappa shape index (κ1) is 13.8. The Balaban J connectivity index is 2.09. The molecular formula is C12H10F3NO2S. The van der Waals surface area contributed by atoms with Crippen molar-refractivity contribution < 1.29 is 23.1 Å². The maximum absolute atomic E-state index is 12.1. The van der Waals surface area contributed by atoms with Crippen LogP contribution in [0.15, 0.2) is 29.6 Å². The zero-order valence-electron chi connectivity index (χ0n) is 9.57. The predicted molar refractivity (Wildman–Crippen MR) is 66.2 cm³/mol. The lowest BCUT2D eigenvalue weighted by Crippen LogP contribution is -2.40. The van der Waals surface area contributed by atoms with Crippen LogP contribution in [-0.4, -0.2) is 29.8 Å². The van der Waals surface area contributed by atoms with Crippen LogP contribution < -0.4 is 5.32 Å². The van der Waals surface area contributed by atoms with Crippen LogP contribution in [0, 0.1) is 0 Å². The van der Waals surface area contributed by atoms with Gasteiger partial charge in [-0.2, -0.15) is 13.2 Å². The third-order valence-corrected chi connectivity index (χ3v) is 3.52. The van der Waals surface area contributed by atoms with Gasteiger partial charge in [-0.15, -0.1) is 11.3 Å². The zero-order valence-corrected chi connectivity index (χ0v) is 10.4. The molecule has 1 aromatic carbocycles. The Bertz CT molecular complexity index is 594. The highest BCUT2D eigenvalue weighted by molar-refractivity contribution is 7.17. The van der Waals surface area contributed by atoms with Gasteiger partial charge >= 0.3 is 6.18 Å². The molecule has 7 heteroatoms. The molecule has 3 nitrogen and oxygen atoms in total. The summed E-state index contributed by atoms with van der Waals surface area (Å²) in [5.74, 6) is -0.624. The summed E-state index contributed by atoms with van der Waals surface area (Å²) in [6.07, 6.45) is -7.29. The number of rotatable bonds is 3. The quantitative estimate of drug-likeness (QED) is 0.912. The standard InChI is InChI=1S/C12H10F3NO2S/c13-12(14,15)10(17)5-16-11(18)8-6-19-9-4-2-1-3-7(8)9/h1-4,6,10,17H,5H2,(H,16,18). The van der Waals surface area contributed by atoms with Gasteiger partial charge in [0.15, 0.2) is 6.10 Å². The Morgan fingerprint density at radius 1 is 1.37 bits per heavy atom. The average molecular weight is 289 g/mol. The van der Waals surface area contributed by atoms with Crippen LogP contribution in [0.1, 0.15) is 10.4 Å². The average Bonchev–Trinajstić information content (AvgIpc) is 2.78. The second-order valence-electron chi connectivity index (χ2n) is 3.91. The minimum atomic E-state index is -4.73. The molecule has 0 spiro atoms. The Kier molecular flexibility index (Phi) is 3.77. The number of aliphatic hydroxyl groups is 1. The number of amides is 1. The van der Waals surface area contributed by atoms with Crippen molar-refractivity contribution in [2.24, 2.45) is 0 Å². The number of thiophene rings is 1. The molecule has 0 fully saturated rings. The number of alkyl halides is 3. The van der Waals surface area contributed by atoms with Gasteiger partial charge in [0, 0.05) is 15.5 Å². The maximum atomic E-state index is 12.1. The van der Waals surface area contributed by atoms with E-state index in [2.05, 4.69) is 5.32 Å². The fraction of sp³-hybridized carbons (Fsp3) is 0.250. The lowest BCUT2D eigenvalue weighted by atomic mass is 10.1. The molecule has 2 aromatic rings. The molecule has 1 heterocycles. The normalized spacial score (nSPS) is 13.5. The Hall–Kier alpha value is -1.60. The number of nitrogens with one attached hydrogen (secondary N) is 1. The number of fused-ring (bicyclic) bond motifs is 1. The molecule has 0 bridgehead atoms. The number of halogens is 3. The van der Waals surface area contributed by atoms with E-state index in [1.807, 2.05) is 12.1 Å². The molecule has 0 aliphatic rings. The molecule has 2 N–H and O–H groups in total. The van der Waals surface area contributed by atoms with Gasteiger partial charge in [-0.25, -0.2) is 0 Å². The molecule has 0 radical (unpaired) electrons. The van der Waals surface area contributed by atoms with Gasteiger partial charge in [-0.3, -0.25) is 4.79 Å². The molecule has 102 valence electrons. The number of benzene rings is 1. The molecule has 0 saturated heterocycles. The van der Waals surface area contributed by atoms with Crippen molar-refractivity contribution >= 4 is 27.3 Å². The SMILES string of the molecule is O=C(NCC(O)C(F)(F)F)c1csc2ccccc12. The molecule has 0 saturated carbocycles. The molecule has 19 heavy (non-hydrogen) atoms. The van der Waals surface area contributed by atoms with Crippen molar-refractivity contribution in [2.45, 2.75) is 12.3 Å². The van der Waals surface area contributed by atoms with Crippen LogP contribution in [0.3, 0.4) is 0 Å². The van der Waals surface area contributed by atoms with E-state index < -0.39 is 24.7 Å². The highest BCUT2D eigenvalue weighted by Crippen LogP contribution is 2.25. The van der Waals surface area contributed by atoms with Crippen LogP contribution >= 0.6 is 11.3 Å². The van der Waals surface area contributed by atoms with Crippen LogP contribution in [0.5, 0.6) is 0 Å². The van der Waals surface area contributed by atoms with Crippen molar-refractivity contribution in [3.8, 4) is 0 Å². The van der Waals surface area contributed by atoms with E-state index in [0.717, 1.165) is 4.70 Å². The van der Waals surface area contributed by atoms with E-state index in [4.69, 9.17) is 5.11 Å². The first-order chi connectivity index (χ1) is 8.89. The van der Waals surface area contributed by atoms with Gasteiger partial charge in [0.05, 0.1) is 12.1 Å². The predicted octanol–water partition coefficient (Wildman–Crippen LogP) is 2.55. The van der Waals surface area contributed by atoms with E-state index in [1.54, 1.807) is 17.5 Å². The fourth-order valence-corrected chi connectivity index (χ4v) is 2.49. The molecule has 1 amide bonds. The molecule has 1 aromatic heterocycles. The van der Waals surface area contributed by atoms with Gasteiger partial charge in [-0.1, -0.05) is 18.2 Å². The summed E-state index contributed by atoms with van der Waals surface area (Å²) in [7, 11) is 0. The molecule has 0 aliphatic carbocycles. The van der Waals surface area contributed by atoms with Crippen LogP contribution in [0.2, 0.25) is 0 Å². The number of hydrogen-bond donors (Lipinski definition) is 2. The van der Waals surface area contributed by atoms with Crippen LogP contribution in [-0.2, 0) is 0 Å². The lowest BCUT2D eigenvalue weighted by Gasteiger charge is -2.14. The summed E-state index contributed by atoms with van der Waals surface area (Å²) in [4.78, 5) is 11.8. The third-order valence-electron chi connectivity index (χ3n) is 2.56. The van der Waals surface area contributed by atoms with Gasteiger partial charge in [0.25, 0.3) is 5.91 Å². The summed E-state index contributed by atoms with van der Waals surface area (Å²) in [5, 5.41) is 13.2. The van der Waals surface area contributed by atoms with E-state index in [-0.39, 0.29) is 0 Å². The third kappa shape index (κ3) is 3.05. The Labute approximate surface area is 110 Å². The largest absolute Gasteiger partial charge is 0.416 e. The minimum Gasteiger partial charge on any atom is -0.382 e. The Morgan fingerprint density at radius 3 is 2.74 bits per heavy atom. The molecule has 1 unspecified atom stereocenters. The van der Waals surface area contributed by atoms with Gasteiger partial charge in [0.2, 0.25) is 0 Å². The molecule has 0 aliphatic heterocycles. The lowest BCUT2D eigenvalue weighted by molar-refractivity contribution is -0.201. The van der Waals surface area contributed by atoms with E-state index in [9.17, 15) is 18.0 Å². The van der Waals surface area contributed by atoms with Gasteiger partial charge in [-0.05, 0) is 6.07 Å². The smallest absolute Gasteiger partial charge is 0.382 e. The van der Waals surface area contributed by atoms with Gasteiger partial charge in [0.1, 0.15) is 0 Å². The summed E-state index contributed by atoms with van der Waals surface area (Å²) >= 11 is 1.34. The monoisotopic (exact) mass is 289 g/mol. The second kappa shape index (κ2) is 5.18. The number of carbonyl (C=O) groups is 1. The van der Waals surface area contributed by atoms with Gasteiger partial charge < -0.3 is 10.4 Å². The second-order valence-corrected chi connectivity index (χ2v) is 4.82. The van der Waals surface area contributed by atoms with Crippen molar-refractivity contribution in [1.29, 1.82) is 0 Å². The number of aliphatic hydroxyl groups excluding tert-OH is 1. The first-order valence-corrected chi connectivity index (χ1v) is 6.27. The molecule has 2 rings (SSSR count). The fourth-order valence-electron chi connectivity index (χ4n) is 1.55. The summed E-state index contributed by atoms with van der Waals surface area (Å²) in [5.41, 5.74) is 0.315. The topological polar surface area (TPSA) is 49.3 Å². The maximum Gasteiger partial charge on any atom is 0.416 e. The van der Waals surface area contributed by atoms with Crippen molar-refractivity contribution in [2.75, 3.05) is 6.54 Å². The highest BCUT2D eigenvalue weighted by Gasteiger charge is 2.38. The van der Waals surface area contributed by atoms with E-state index >= 15 is 0 Å². The van der Waals surface area contributed by atoms with E-state index in [1.165, 1.54) is 11.3 Å². The van der Waals surface area contributed by atoms with Crippen LogP contribution in [0.4, 0.5) is 13.2 Å². The number of hydrogen-bond acceptors (Lipinski definition) is 3. The van der Waals surface area contributed by atoms with Crippen molar-refractivity contribution in [1.82, 2.24) is 5.32 Å². The minimum absolute atomic E-state index is 0.315.